The summed E-state index contributed by atoms with van der Waals surface area (Å²) in [5.74, 6) is 0.573. The zero-order valence-corrected chi connectivity index (χ0v) is 11.6. The van der Waals surface area contributed by atoms with Crippen molar-refractivity contribution in [3.05, 3.63) is 0 Å². The Kier molecular flexibility index (Phi) is 4.72. The summed E-state index contributed by atoms with van der Waals surface area (Å²) in [5, 5.41) is 16.8. The Morgan fingerprint density at radius 2 is 1.94 bits per heavy atom. The predicted octanol–water partition coefficient (Wildman–Crippen LogP) is 1.68. The minimum absolute atomic E-state index is 0.527. The molecule has 18 heavy (non-hydrogen) atoms. The normalized spacial score (nSPS) is 30.1. The topological polar surface area (TPSA) is 93.8 Å². The van der Waals surface area contributed by atoms with E-state index in [1.165, 1.54) is 6.92 Å². The van der Waals surface area contributed by atoms with Gasteiger partial charge in [0.15, 0.2) is 5.25 Å². The van der Waals surface area contributed by atoms with E-state index in [1.54, 1.807) is 6.07 Å². The lowest BCUT2D eigenvalue weighted by Gasteiger charge is -2.35. The third-order valence-electron chi connectivity index (χ3n) is 3.73. The molecule has 0 aromatic carbocycles. The number of hydrogen-bond donors (Lipinski definition) is 1. The minimum atomic E-state index is -3.74. The van der Waals surface area contributed by atoms with Gasteiger partial charge >= 0.3 is 0 Å². The van der Waals surface area contributed by atoms with Gasteiger partial charge in [0.2, 0.25) is 10.0 Å². The molecule has 1 rings (SSSR count). The van der Waals surface area contributed by atoms with Gasteiger partial charge in [0, 0.05) is 0 Å². The average Bonchev–Trinajstić information content (AvgIpc) is 2.38. The number of nitrogens with one attached hydrogen (secondary N) is 1. The first-order valence-corrected chi connectivity index (χ1v) is 7.77. The van der Waals surface area contributed by atoms with Crippen molar-refractivity contribution >= 4 is 10.0 Å². The molecular weight excluding hydrogens is 250 g/mol. The lowest BCUT2D eigenvalue weighted by atomic mass is 9.77. The van der Waals surface area contributed by atoms with Crippen LogP contribution in [0.3, 0.4) is 0 Å². The van der Waals surface area contributed by atoms with E-state index in [2.05, 4.69) is 17.7 Å². The summed E-state index contributed by atoms with van der Waals surface area (Å²) < 4.78 is 26.2. The minimum Gasteiger partial charge on any atom is -0.211 e. The van der Waals surface area contributed by atoms with Gasteiger partial charge in [-0.3, -0.25) is 0 Å². The van der Waals surface area contributed by atoms with E-state index in [4.69, 9.17) is 5.26 Å². The van der Waals surface area contributed by atoms with Gasteiger partial charge in [-0.15, -0.1) is 0 Å². The number of sulfonamides is 1. The summed E-state index contributed by atoms with van der Waals surface area (Å²) in [7, 11) is -3.74. The molecule has 6 heteroatoms. The van der Waals surface area contributed by atoms with E-state index in [9.17, 15) is 13.7 Å². The Morgan fingerprint density at radius 1 is 1.39 bits per heavy atom. The van der Waals surface area contributed by atoms with Gasteiger partial charge in [0.1, 0.15) is 5.54 Å². The first-order chi connectivity index (χ1) is 8.39. The molecule has 1 saturated carbocycles. The monoisotopic (exact) mass is 269 g/mol. The molecule has 1 fully saturated rings. The van der Waals surface area contributed by atoms with Crippen molar-refractivity contribution in [3.63, 3.8) is 0 Å². The van der Waals surface area contributed by atoms with Crippen LogP contribution in [0.15, 0.2) is 0 Å². The molecule has 0 bridgehead atoms. The smallest absolute Gasteiger partial charge is 0.211 e. The van der Waals surface area contributed by atoms with Crippen LogP contribution < -0.4 is 4.72 Å². The van der Waals surface area contributed by atoms with Crippen LogP contribution in [0, 0.1) is 28.6 Å². The summed E-state index contributed by atoms with van der Waals surface area (Å²) in [5.41, 5.74) is -1.02. The van der Waals surface area contributed by atoms with Crippen molar-refractivity contribution < 1.29 is 8.42 Å². The molecule has 0 aliphatic heterocycles. The second kappa shape index (κ2) is 5.69. The summed E-state index contributed by atoms with van der Waals surface area (Å²) in [6.45, 7) is 3.43. The molecule has 0 heterocycles. The summed E-state index contributed by atoms with van der Waals surface area (Å²) >= 11 is 0. The number of nitriles is 2. The molecular formula is C12H19N3O2S. The SMILES string of the molecule is CCC1CCC(C#N)(NS(=O)(=O)C(C)C#N)CC1. The van der Waals surface area contributed by atoms with Crippen LogP contribution in [-0.4, -0.2) is 19.2 Å². The van der Waals surface area contributed by atoms with Gasteiger partial charge in [-0.1, -0.05) is 13.3 Å². The fourth-order valence-corrected chi connectivity index (χ4v) is 3.36. The van der Waals surface area contributed by atoms with Crippen LogP contribution in [0.4, 0.5) is 0 Å². The van der Waals surface area contributed by atoms with Crippen LogP contribution >= 0.6 is 0 Å². The molecule has 0 aromatic rings. The highest BCUT2D eigenvalue weighted by Crippen LogP contribution is 2.34. The molecule has 1 unspecified atom stereocenters. The maximum Gasteiger partial charge on any atom is 0.229 e. The molecule has 0 saturated heterocycles. The van der Waals surface area contributed by atoms with Crippen LogP contribution in [0.1, 0.15) is 46.0 Å². The Morgan fingerprint density at radius 3 is 2.33 bits per heavy atom. The molecule has 0 aromatic heterocycles. The van der Waals surface area contributed by atoms with E-state index < -0.39 is 20.8 Å². The Labute approximate surface area is 109 Å². The molecule has 0 radical (unpaired) electrons. The second-order valence-electron chi connectivity index (χ2n) is 4.96. The van der Waals surface area contributed by atoms with Crippen LogP contribution in [0.5, 0.6) is 0 Å². The Balaban J connectivity index is 2.82. The van der Waals surface area contributed by atoms with Gasteiger partial charge in [-0.25, -0.2) is 8.42 Å². The molecule has 1 atom stereocenters. The van der Waals surface area contributed by atoms with E-state index in [-0.39, 0.29) is 0 Å². The maximum atomic E-state index is 11.9. The van der Waals surface area contributed by atoms with E-state index in [0.29, 0.717) is 18.8 Å². The molecule has 100 valence electrons. The van der Waals surface area contributed by atoms with Crippen LogP contribution in [0.25, 0.3) is 0 Å². The molecule has 0 amide bonds. The first-order valence-electron chi connectivity index (χ1n) is 6.23. The molecule has 0 spiro atoms. The van der Waals surface area contributed by atoms with Crippen molar-refractivity contribution in [1.82, 2.24) is 4.72 Å². The van der Waals surface area contributed by atoms with Gasteiger partial charge in [-0.2, -0.15) is 15.2 Å². The van der Waals surface area contributed by atoms with Crippen molar-refractivity contribution in [2.24, 2.45) is 5.92 Å². The average molecular weight is 269 g/mol. The Bertz CT molecular complexity index is 465. The molecule has 1 aliphatic carbocycles. The summed E-state index contributed by atoms with van der Waals surface area (Å²) in [6.07, 6.45) is 3.82. The summed E-state index contributed by atoms with van der Waals surface area (Å²) in [6, 6.07) is 3.79. The lowest BCUT2D eigenvalue weighted by molar-refractivity contribution is 0.259. The number of nitrogens with zero attached hydrogens (tertiary/aromatic N) is 2. The third kappa shape index (κ3) is 3.22. The predicted molar refractivity (Wildman–Crippen MR) is 67.7 cm³/mol. The van der Waals surface area contributed by atoms with E-state index >= 15 is 0 Å². The van der Waals surface area contributed by atoms with Gasteiger partial charge in [0.25, 0.3) is 0 Å². The van der Waals surface area contributed by atoms with Crippen molar-refractivity contribution in [3.8, 4) is 12.1 Å². The van der Waals surface area contributed by atoms with Crippen molar-refractivity contribution in [2.45, 2.75) is 56.7 Å². The van der Waals surface area contributed by atoms with Crippen LogP contribution in [-0.2, 0) is 10.0 Å². The second-order valence-corrected chi connectivity index (χ2v) is 6.97. The van der Waals surface area contributed by atoms with Gasteiger partial charge in [-0.05, 0) is 38.5 Å². The molecule has 1 aliphatic rings. The molecule has 1 N–H and O–H groups in total. The zero-order valence-electron chi connectivity index (χ0n) is 10.8. The highest BCUT2D eigenvalue weighted by atomic mass is 32.2. The highest BCUT2D eigenvalue weighted by Gasteiger charge is 2.39. The number of rotatable bonds is 4. The largest absolute Gasteiger partial charge is 0.229 e. The molecule has 5 nitrogen and oxygen atoms in total. The standard InChI is InChI=1S/C12H19N3O2S/c1-3-11-4-6-12(9-14,7-5-11)15-18(16,17)10(2)8-13/h10-11,15H,3-7H2,1-2H3. The van der Waals surface area contributed by atoms with Crippen molar-refractivity contribution in [2.75, 3.05) is 0 Å². The van der Waals surface area contributed by atoms with Gasteiger partial charge < -0.3 is 0 Å². The maximum absolute atomic E-state index is 11.9. The highest BCUT2D eigenvalue weighted by molar-refractivity contribution is 7.90. The summed E-state index contributed by atoms with van der Waals surface area (Å²) in [4.78, 5) is 0. The van der Waals surface area contributed by atoms with E-state index in [1.807, 2.05) is 0 Å². The van der Waals surface area contributed by atoms with E-state index in [0.717, 1.165) is 19.3 Å². The fraction of sp³-hybridized carbons (Fsp3) is 0.833. The third-order valence-corrected chi connectivity index (χ3v) is 5.45. The van der Waals surface area contributed by atoms with Crippen LogP contribution in [0.2, 0.25) is 0 Å². The zero-order chi connectivity index (χ0) is 13.8. The fourth-order valence-electron chi connectivity index (χ4n) is 2.25. The van der Waals surface area contributed by atoms with Gasteiger partial charge in [0.05, 0.1) is 12.1 Å². The van der Waals surface area contributed by atoms with Crippen molar-refractivity contribution in [1.29, 1.82) is 10.5 Å². The Hall–Kier alpha value is -1.11. The quantitative estimate of drug-likeness (QED) is 0.840. The number of hydrogen-bond acceptors (Lipinski definition) is 4. The first kappa shape index (κ1) is 14.9. The lowest BCUT2D eigenvalue weighted by Crippen LogP contribution is -2.51.